The second kappa shape index (κ2) is 7.29. The number of halogens is 2. The van der Waals surface area contributed by atoms with Crippen LogP contribution in [0.3, 0.4) is 0 Å². The molecule has 5 nitrogen and oxygen atoms in total. The zero-order valence-corrected chi connectivity index (χ0v) is 13.3. The van der Waals surface area contributed by atoms with Crippen LogP contribution in [0, 0.1) is 11.6 Å². The van der Waals surface area contributed by atoms with Crippen LogP contribution in [0.5, 0.6) is 5.75 Å². The van der Waals surface area contributed by atoms with Crippen LogP contribution in [0.25, 0.3) is 0 Å². The molecule has 0 atom stereocenters. The average molecular weight is 346 g/mol. The topological polar surface area (TPSA) is 58.6 Å². The van der Waals surface area contributed by atoms with Crippen LogP contribution in [0.4, 0.5) is 20.2 Å². The average Bonchev–Trinajstić information content (AvgIpc) is 3.03. The summed E-state index contributed by atoms with van der Waals surface area (Å²) in [6.07, 6.45) is 1.39. The minimum Gasteiger partial charge on any atom is -0.484 e. The second-order valence-corrected chi connectivity index (χ2v) is 5.60. The summed E-state index contributed by atoms with van der Waals surface area (Å²) in [6.45, 7) is 0.346. The van der Waals surface area contributed by atoms with Crippen molar-refractivity contribution in [2.75, 3.05) is 23.4 Å². The lowest BCUT2D eigenvalue weighted by Gasteiger charge is -2.16. The van der Waals surface area contributed by atoms with Crippen molar-refractivity contribution >= 4 is 23.2 Å². The number of ether oxygens (including phenoxy) is 1. The summed E-state index contributed by atoms with van der Waals surface area (Å²) in [7, 11) is 0. The van der Waals surface area contributed by atoms with Crippen molar-refractivity contribution in [1.29, 1.82) is 0 Å². The Labute approximate surface area is 143 Å². The number of benzene rings is 2. The van der Waals surface area contributed by atoms with Gasteiger partial charge in [-0.2, -0.15) is 0 Å². The number of hydrogen-bond donors (Lipinski definition) is 1. The summed E-state index contributed by atoms with van der Waals surface area (Å²) >= 11 is 0. The van der Waals surface area contributed by atoms with E-state index in [2.05, 4.69) is 5.32 Å². The fraction of sp³-hybridized carbons (Fsp3) is 0.222. The minimum atomic E-state index is -0.727. The fourth-order valence-electron chi connectivity index (χ4n) is 2.57. The van der Waals surface area contributed by atoms with Crippen molar-refractivity contribution < 1.29 is 23.1 Å². The molecule has 130 valence electrons. The summed E-state index contributed by atoms with van der Waals surface area (Å²) < 4.78 is 31.9. The van der Waals surface area contributed by atoms with E-state index in [1.807, 2.05) is 0 Å². The van der Waals surface area contributed by atoms with Gasteiger partial charge in [-0.05, 0) is 42.8 Å². The van der Waals surface area contributed by atoms with Gasteiger partial charge >= 0.3 is 0 Å². The number of anilines is 2. The van der Waals surface area contributed by atoms with Crippen LogP contribution >= 0.6 is 0 Å². The highest BCUT2D eigenvalue weighted by Gasteiger charge is 2.21. The summed E-state index contributed by atoms with van der Waals surface area (Å²) in [4.78, 5) is 25.2. The van der Waals surface area contributed by atoms with E-state index >= 15 is 0 Å². The summed E-state index contributed by atoms with van der Waals surface area (Å²) in [6, 6.07) is 9.58. The van der Waals surface area contributed by atoms with E-state index < -0.39 is 17.5 Å². The van der Waals surface area contributed by atoms with Crippen LogP contribution in [0.15, 0.2) is 42.5 Å². The number of nitrogens with one attached hydrogen (secondary N) is 1. The monoisotopic (exact) mass is 346 g/mol. The van der Waals surface area contributed by atoms with E-state index in [0.29, 0.717) is 18.7 Å². The molecule has 25 heavy (non-hydrogen) atoms. The Kier molecular flexibility index (Phi) is 4.92. The van der Waals surface area contributed by atoms with Crippen LogP contribution in [0.2, 0.25) is 0 Å². The predicted molar refractivity (Wildman–Crippen MR) is 88.5 cm³/mol. The molecule has 1 N–H and O–H groups in total. The molecule has 0 spiro atoms. The van der Waals surface area contributed by atoms with Crippen LogP contribution in [0.1, 0.15) is 12.8 Å². The van der Waals surface area contributed by atoms with Gasteiger partial charge in [0.1, 0.15) is 17.4 Å². The molecule has 0 radical (unpaired) electrons. The molecule has 0 saturated carbocycles. The molecular weight excluding hydrogens is 330 g/mol. The largest absolute Gasteiger partial charge is 0.484 e. The van der Waals surface area contributed by atoms with Crippen molar-refractivity contribution in [1.82, 2.24) is 0 Å². The molecular formula is C18H16F2N2O3. The fourth-order valence-corrected chi connectivity index (χ4v) is 2.57. The van der Waals surface area contributed by atoms with Gasteiger partial charge in [0.2, 0.25) is 5.91 Å². The molecule has 3 rings (SSSR count). The number of hydrogen-bond acceptors (Lipinski definition) is 3. The number of carbonyl (C=O) groups is 2. The first-order chi connectivity index (χ1) is 12.0. The van der Waals surface area contributed by atoms with E-state index in [1.165, 1.54) is 0 Å². The molecule has 2 amide bonds. The molecule has 1 fully saturated rings. The third-order valence-corrected chi connectivity index (χ3v) is 3.79. The number of amides is 2. The third kappa shape index (κ3) is 4.12. The Balaban J connectivity index is 1.55. The van der Waals surface area contributed by atoms with Gasteiger partial charge < -0.3 is 15.0 Å². The van der Waals surface area contributed by atoms with E-state index in [-0.39, 0.29) is 18.2 Å². The first-order valence-electron chi connectivity index (χ1n) is 7.81. The van der Waals surface area contributed by atoms with Crippen LogP contribution < -0.4 is 15.0 Å². The zero-order valence-electron chi connectivity index (χ0n) is 13.3. The van der Waals surface area contributed by atoms with Crippen LogP contribution in [-0.2, 0) is 9.59 Å². The molecule has 1 saturated heterocycles. The van der Waals surface area contributed by atoms with Crippen molar-refractivity contribution in [2.24, 2.45) is 0 Å². The summed E-state index contributed by atoms with van der Waals surface area (Å²) in [5.41, 5.74) is 0.539. The Bertz CT molecular complexity index is 793. The quantitative estimate of drug-likeness (QED) is 0.905. The molecule has 2 aromatic carbocycles. The lowest BCUT2D eigenvalue weighted by molar-refractivity contribution is -0.118. The van der Waals surface area contributed by atoms with Crippen molar-refractivity contribution in [2.45, 2.75) is 12.8 Å². The molecule has 1 aliphatic rings. The normalized spacial score (nSPS) is 13.8. The van der Waals surface area contributed by atoms with Gasteiger partial charge in [-0.1, -0.05) is 0 Å². The Morgan fingerprint density at radius 1 is 1.16 bits per heavy atom. The molecule has 1 aliphatic heterocycles. The molecule has 2 aromatic rings. The lowest BCUT2D eigenvalue weighted by atomic mass is 10.3. The van der Waals surface area contributed by atoms with Gasteiger partial charge in [-0.25, -0.2) is 8.78 Å². The van der Waals surface area contributed by atoms with Gasteiger partial charge in [-0.3, -0.25) is 9.59 Å². The van der Waals surface area contributed by atoms with Gasteiger partial charge in [0.25, 0.3) is 5.91 Å². The Morgan fingerprint density at radius 2 is 1.92 bits per heavy atom. The second-order valence-electron chi connectivity index (χ2n) is 5.60. The minimum absolute atomic E-state index is 0.0881. The Morgan fingerprint density at radius 3 is 2.60 bits per heavy atom. The standard InChI is InChI=1S/C18H16F2N2O3/c19-12-3-8-15(20)16(10-12)21-17(23)11-25-14-6-4-13(5-7-14)22-9-1-2-18(22)24/h3-8,10H,1-2,9,11H2,(H,21,23). The molecule has 0 bridgehead atoms. The van der Waals surface area contributed by atoms with E-state index in [1.54, 1.807) is 29.2 Å². The number of carbonyl (C=O) groups excluding carboxylic acids is 2. The van der Waals surface area contributed by atoms with Crippen molar-refractivity contribution in [3.63, 3.8) is 0 Å². The van der Waals surface area contributed by atoms with E-state index in [9.17, 15) is 18.4 Å². The van der Waals surface area contributed by atoms with Gasteiger partial charge in [0.15, 0.2) is 6.61 Å². The smallest absolute Gasteiger partial charge is 0.262 e. The van der Waals surface area contributed by atoms with Gasteiger partial charge in [0.05, 0.1) is 5.69 Å². The molecule has 0 aromatic heterocycles. The number of nitrogens with zero attached hydrogens (tertiary/aromatic N) is 1. The van der Waals surface area contributed by atoms with Gasteiger partial charge in [-0.15, -0.1) is 0 Å². The molecule has 0 aliphatic carbocycles. The molecule has 1 heterocycles. The van der Waals surface area contributed by atoms with Crippen LogP contribution in [-0.4, -0.2) is 25.0 Å². The number of rotatable bonds is 5. The Hall–Kier alpha value is -2.96. The summed E-state index contributed by atoms with van der Waals surface area (Å²) in [5.74, 6) is -1.46. The summed E-state index contributed by atoms with van der Waals surface area (Å²) in [5, 5.41) is 2.25. The van der Waals surface area contributed by atoms with Crippen molar-refractivity contribution in [3.05, 3.63) is 54.1 Å². The van der Waals surface area contributed by atoms with E-state index in [0.717, 1.165) is 30.3 Å². The first kappa shape index (κ1) is 16.9. The maximum absolute atomic E-state index is 13.5. The highest BCUT2D eigenvalue weighted by molar-refractivity contribution is 5.95. The zero-order chi connectivity index (χ0) is 17.8. The lowest BCUT2D eigenvalue weighted by Crippen LogP contribution is -2.23. The molecule has 0 unspecified atom stereocenters. The highest BCUT2D eigenvalue weighted by Crippen LogP contribution is 2.24. The molecule has 7 heteroatoms. The first-order valence-corrected chi connectivity index (χ1v) is 7.81. The van der Waals surface area contributed by atoms with Gasteiger partial charge in [0, 0.05) is 24.7 Å². The SMILES string of the molecule is O=C(COc1ccc(N2CCCC2=O)cc1)Nc1cc(F)ccc1F. The van der Waals surface area contributed by atoms with E-state index in [4.69, 9.17) is 4.74 Å². The predicted octanol–water partition coefficient (Wildman–Crippen LogP) is 3.11. The highest BCUT2D eigenvalue weighted by atomic mass is 19.1. The maximum Gasteiger partial charge on any atom is 0.262 e. The van der Waals surface area contributed by atoms with Crippen molar-refractivity contribution in [3.8, 4) is 5.75 Å². The maximum atomic E-state index is 13.5. The third-order valence-electron chi connectivity index (χ3n) is 3.79.